The Morgan fingerprint density at radius 2 is 1.50 bits per heavy atom. The first-order valence-electron chi connectivity index (χ1n) is 11.5. The lowest BCUT2D eigenvalue weighted by atomic mass is 9.93. The van der Waals surface area contributed by atoms with Crippen LogP contribution in [0.5, 0.6) is 0 Å². The van der Waals surface area contributed by atoms with Crippen LogP contribution in [0.4, 0.5) is 11.4 Å². The molecule has 0 unspecified atom stereocenters. The van der Waals surface area contributed by atoms with Crippen LogP contribution in [0.2, 0.25) is 0 Å². The van der Waals surface area contributed by atoms with Gasteiger partial charge in [-0.15, -0.1) is 0 Å². The molecule has 1 amide bonds. The Morgan fingerprint density at radius 3 is 2.17 bits per heavy atom. The highest BCUT2D eigenvalue weighted by atomic mass is 16.5. The predicted octanol–water partition coefficient (Wildman–Crippen LogP) is 1.90. The summed E-state index contributed by atoms with van der Waals surface area (Å²) in [7, 11) is 0. The van der Waals surface area contributed by atoms with Crippen LogP contribution in [0.1, 0.15) is 19.3 Å². The zero-order valence-corrected chi connectivity index (χ0v) is 18.1. The van der Waals surface area contributed by atoms with Crippen molar-refractivity contribution in [3.8, 4) is 0 Å². The molecule has 30 heavy (non-hydrogen) atoms. The number of rotatable bonds is 7. The Bertz CT molecular complexity index is 649. The molecule has 3 fully saturated rings. The van der Waals surface area contributed by atoms with E-state index < -0.39 is 0 Å². The fraction of sp³-hybridized carbons (Fsp3) is 0.696. The van der Waals surface area contributed by atoms with Crippen molar-refractivity contribution >= 4 is 17.3 Å². The molecular formula is C23H36N4O3. The van der Waals surface area contributed by atoms with Gasteiger partial charge in [0.05, 0.1) is 33.0 Å². The minimum Gasteiger partial charge on any atom is -0.379 e. The summed E-state index contributed by atoms with van der Waals surface area (Å²) in [5, 5.41) is 3.06. The van der Waals surface area contributed by atoms with Crippen LogP contribution in [0.25, 0.3) is 0 Å². The number of anilines is 2. The minimum atomic E-state index is 0.0842. The number of hydrogen-bond acceptors (Lipinski definition) is 6. The number of carbonyl (C=O) groups is 1. The number of morpholine rings is 2. The molecule has 3 saturated heterocycles. The minimum absolute atomic E-state index is 0.0842. The average molecular weight is 417 g/mol. The molecule has 0 atom stereocenters. The number of nitrogens with zero attached hydrogens (tertiary/aromatic N) is 3. The lowest BCUT2D eigenvalue weighted by Crippen LogP contribution is -2.41. The number of likely N-dealkylation sites (tertiary alicyclic amines) is 1. The number of amides is 1. The molecule has 0 spiro atoms. The summed E-state index contributed by atoms with van der Waals surface area (Å²) in [4.78, 5) is 19.6. The highest BCUT2D eigenvalue weighted by Gasteiger charge is 2.22. The van der Waals surface area contributed by atoms with Crippen LogP contribution in [0.15, 0.2) is 24.3 Å². The van der Waals surface area contributed by atoms with Gasteiger partial charge in [0, 0.05) is 37.6 Å². The second-order valence-corrected chi connectivity index (χ2v) is 8.66. The molecule has 0 radical (unpaired) electrons. The Kier molecular flexibility index (Phi) is 7.97. The van der Waals surface area contributed by atoms with E-state index in [-0.39, 0.29) is 5.91 Å². The van der Waals surface area contributed by atoms with E-state index >= 15 is 0 Å². The Balaban J connectivity index is 1.14. The van der Waals surface area contributed by atoms with Gasteiger partial charge in [-0.3, -0.25) is 14.6 Å². The molecule has 3 aliphatic heterocycles. The van der Waals surface area contributed by atoms with Gasteiger partial charge in [0.1, 0.15) is 0 Å². The van der Waals surface area contributed by atoms with Crippen molar-refractivity contribution in [1.82, 2.24) is 9.80 Å². The van der Waals surface area contributed by atoms with Gasteiger partial charge in [0.2, 0.25) is 5.91 Å². The van der Waals surface area contributed by atoms with Gasteiger partial charge >= 0.3 is 0 Å². The second kappa shape index (κ2) is 11.1. The number of ether oxygens (including phenoxy) is 2. The second-order valence-electron chi connectivity index (χ2n) is 8.66. The van der Waals surface area contributed by atoms with Crippen molar-refractivity contribution in [2.75, 3.05) is 89.0 Å². The van der Waals surface area contributed by atoms with Crippen molar-refractivity contribution in [3.63, 3.8) is 0 Å². The Labute approximate surface area is 180 Å². The van der Waals surface area contributed by atoms with E-state index in [1.54, 1.807) is 0 Å². The lowest BCUT2D eigenvalue weighted by Gasteiger charge is -2.33. The zero-order valence-electron chi connectivity index (χ0n) is 18.1. The molecule has 1 aromatic carbocycles. The standard InChI is InChI=1S/C23H36N4O3/c28-23(24-21-1-3-22(4-2-21)27-13-17-30-18-14-27)19-26-9-6-20(7-10-26)5-8-25-11-15-29-16-12-25/h1-4,20H,5-19H2,(H,24,28). The fourth-order valence-corrected chi connectivity index (χ4v) is 4.60. The molecule has 0 saturated carbocycles. The summed E-state index contributed by atoms with van der Waals surface area (Å²) in [6.45, 7) is 11.0. The summed E-state index contributed by atoms with van der Waals surface area (Å²) in [6, 6.07) is 8.17. The van der Waals surface area contributed by atoms with Gasteiger partial charge in [-0.05, 0) is 69.1 Å². The number of hydrogen-bond donors (Lipinski definition) is 1. The molecule has 1 aromatic rings. The van der Waals surface area contributed by atoms with Crippen LogP contribution < -0.4 is 10.2 Å². The van der Waals surface area contributed by atoms with E-state index in [0.717, 1.165) is 77.3 Å². The maximum atomic E-state index is 12.5. The number of carbonyl (C=O) groups excluding carboxylic acids is 1. The van der Waals surface area contributed by atoms with Gasteiger partial charge < -0.3 is 19.7 Å². The third-order valence-electron chi connectivity index (χ3n) is 6.56. The quantitative estimate of drug-likeness (QED) is 0.733. The summed E-state index contributed by atoms with van der Waals surface area (Å²) >= 11 is 0. The SMILES string of the molecule is O=C(CN1CCC(CCN2CCOCC2)CC1)Nc1ccc(N2CCOCC2)cc1. The largest absolute Gasteiger partial charge is 0.379 e. The maximum Gasteiger partial charge on any atom is 0.238 e. The summed E-state index contributed by atoms with van der Waals surface area (Å²) in [6.07, 6.45) is 3.67. The third-order valence-corrected chi connectivity index (χ3v) is 6.56. The first-order valence-corrected chi connectivity index (χ1v) is 11.5. The van der Waals surface area contributed by atoms with E-state index in [0.29, 0.717) is 6.54 Å². The van der Waals surface area contributed by atoms with Gasteiger partial charge in [-0.25, -0.2) is 0 Å². The molecule has 1 N–H and O–H groups in total. The molecule has 166 valence electrons. The van der Waals surface area contributed by atoms with E-state index in [1.807, 2.05) is 12.1 Å². The van der Waals surface area contributed by atoms with E-state index in [1.165, 1.54) is 31.5 Å². The molecule has 7 heteroatoms. The highest BCUT2D eigenvalue weighted by molar-refractivity contribution is 5.92. The van der Waals surface area contributed by atoms with Gasteiger partial charge in [0.25, 0.3) is 0 Å². The molecule has 4 rings (SSSR count). The first-order chi connectivity index (χ1) is 14.8. The first kappa shape index (κ1) is 21.6. The molecule has 0 bridgehead atoms. The van der Waals surface area contributed by atoms with Crippen LogP contribution in [0.3, 0.4) is 0 Å². The average Bonchev–Trinajstić information content (AvgIpc) is 2.80. The topological polar surface area (TPSA) is 57.3 Å². The van der Waals surface area contributed by atoms with E-state index in [2.05, 4.69) is 32.1 Å². The van der Waals surface area contributed by atoms with Crippen molar-refractivity contribution < 1.29 is 14.3 Å². The monoisotopic (exact) mass is 416 g/mol. The number of piperidine rings is 1. The summed E-state index contributed by atoms with van der Waals surface area (Å²) in [5.74, 6) is 0.876. The zero-order chi connectivity index (χ0) is 20.6. The van der Waals surface area contributed by atoms with Crippen LogP contribution in [-0.2, 0) is 14.3 Å². The third kappa shape index (κ3) is 6.41. The van der Waals surface area contributed by atoms with Crippen LogP contribution in [0, 0.1) is 5.92 Å². The normalized spacial score (nSPS) is 22.2. The maximum absolute atomic E-state index is 12.5. The van der Waals surface area contributed by atoms with Gasteiger partial charge in [-0.2, -0.15) is 0 Å². The van der Waals surface area contributed by atoms with Crippen molar-refractivity contribution in [3.05, 3.63) is 24.3 Å². The van der Waals surface area contributed by atoms with Crippen molar-refractivity contribution in [2.24, 2.45) is 5.92 Å². The smallest absolute Gasteiger partial charge is 0.238 e. The Morgan fingerprint density at radius 1 is 0.867 bits per heavy atom. The summed E-state index contributed by atoms with van der Waals surface area (Å²) in [5.41, 5.74) is 2.06. The fourth-order valence-electron chi connectivity index (χ4n) is 4.60. The predicted molar refractivity (Wildman–Crippen MR) is 119 cm³/mol. The van der Waals surface area contributed by atoms with Gasteiger partial charge in [-0.1, -0.05) is 0 Å². The summed E-state index contributed by atoms with van der Waals surface area (Å²) < 4.78 is 10.8. The number of benzene rings is 1. The van der Waals surface area contributed by atoms with Crippen molar-refractivity contribution in [2.45, 2.75) is 19.3 Å². The Hall–Kier alpha value is -1.67. The molecule has 0 aromatic heterocycles. The molecule has 3 heterocycles. The van der Waals surface area contributed by atoms with E-state index in [9.17, 15) is 4.79 Å². The molecule has 0 aliphatic carbocycles. The lowest BCUT2D eigenvalue weighted by molar-refractivity contribution is -0.117. The van der Waals surface area contributed by atoms with Crippen LogP contribution in [-0.4, -0.2) is 94.5 Å². The molecule has 7 nitrogen and oxygen atoms in total. The van der Waals surface area contributed by atoms with Crippen LogP contribution >= 0.6 is 0 Å². The molecule has 3 aliphatic rings. The molecular weight excluding hydrogens is 380 g/mol. The van der Waals surface area contributed by atoms with E-state index in [4.69, 9.17) is 9.47 Å². The number of nitrogens with one attached hydrogen (secondary N) is 1. The van der Waals surface area contributed by atoms with Crippen molar-refractivity contribution in [1.29, 1.82) is 0 Å². The van der Waals surface area contributed by atoms with Gasteiger partial charge in [0.15, 0.2) is 0 Å². The highest BCUT2D eigenvalue weighted by Crippen LogP contribution is 2.22.